The number of ether oxygens (including phenoxy) is 1. The lowest BCUT2D eigenvalue weighted by Gasteiger charge is -2.22. The van der Waals surface area contributed by atoms with Crippen molar-refractivity contribution in [1.82, 2.24) is 14.8 Å². The lowest BCUT2D eigenvalue weighted by atomic mass is 10.1. The third kappa shape index (κ3) is 5.29. The van der Waals surface area contributed by atoms with Crippen molar-refractivity contribution in [1.29, 1.82) is 0 Å². The van der Waals surface area contributed by atoms with Crippen LogP contribution in [-0.2, 0) is 17.9 Å². The van der Waals surface area contributed by atoms with Crippen LogP contribution in [0.2, 0.25) is 0 Å². The predicted octanol–water partition coefficient (Wildman–Crippen LogP) is 5.67. The van der Waals surface area contributed by atoms with Crippen LogP contribution in [0.15, 0.2) is 71.2 Å². The van der Waals surface area contributed by atoms with Gasteiger partial charge in [0.05, 0.1) is 19.4 Å². The van der Waals surface area contributed by atoms with Gasteiger partial charge in [-0.25, -0.2) is 0 Å². The number of methoxy groups -OCH3 is 1. The van der Waals surface area contributed by atoms with Crippen LogP contribution in [-0.4, -0.2) is 33.5 Å². The van der Waals surface area contributed by atoms with Gasteiger partial charge in [-0.1, -0.05) is 42.1 Å². The molecule has 1 amide bonds. The maximum absolute atomic E-state index is 13.3. The molecule has 0 aliphatic carbocycles. The van der Waals surface area contributed by atoms with Crippen LogP contribution in [0.25, 0.3) is 11.4 Å². The molecular formula is C25H26N4O2S2. The summed E-state index contributed by atoms with van der Waals surface area (Å²) in [6.07, 6.45) is 0. The van der Waals surface area contributed by atoms with Gasteiger partial charge >= 0.3 is 0 Å². The molecule has 0 aliphatic heterocycles. The Bertz CT molecular complexity index is 1200. The van der Waals surface area contributed by atoms with Gasteiger partial charge in [-0.2, -0.15) is 0 Å². The molecule has 0 saturated carbocycles. The van der Waals surface area contributed by atoms with Crippen molar-refractivity contribution in [2.75, 3.05) is 17.8 Å². The average molecular weight is 479 g/mol. The van der Waals surface area contributed by atoms with Crippen molar-refractivity contribution in [3.8, 4) is 17.1 Å². The van der Waals surface area contributed by atoms with Crippen LogP contribution in [0.4, 0.5) is 5.69 Å². The van der Waals surface area contributed by atoms with Gasteiger partial charge in [-0.3, -0.25) is 4.79 Å². The van der Waals surface area contributed by atoms with E-state index in [0.717, 1.165) is 45.0 Å². The molecule has 2 heterocycles. The number of thioether (sulfide) groups is 1. The highest BCUT2D eigenvalue weighted by atomic mass is 32.2. The zero-order chi connectivity index (χ0) is 23.2. The molecule has 0 unspecified atom stereocenters. The molecule has 0 N–H and O–H groups in total. The quantitative estimate of drug-likeness (QED) is 0.290. The fraction of sp³-hybridized carbons (Fsp3) is 0.240. The highest BCUT2D eigenvalue weighted by molar-refractivity contribution is 7.99. The van der Waals surface area contributed by atoms with Crippen molar-refractivity contribution in [2.45, 2.75) is 32.1 Å². The maximum Gasteiger partial charge on any atom is 0.237 e. The Kier molecular flexibility index (Phi) is 7.47. The number of aryl methyl sites for hydroxylation is 1. The topological polar surface area (TPSA) is 60.2 Å². The van der Waals surface area contributed by atoms with Crippen LogP contribution < -0.4 is 9.64 Å². The number of carbonyl (C=O) groups is 1. The van der Waals surface area contributed by atoms with E-state index < -0.39 is 0 Å². The summed E-state index contributed by atoms with van der Waals surface area (Å²) in [6, 6.07) is 19.8. The van der Waals surface area contributed by atoms with Crippen LogP contribution in [0.5, 0.6) is 5.75 Å². The Balaban J connectivity index is 1.54. The van der Waals surface area contributed by atoms with Gasteiger partial charge in [0.15, 0.2) is 11.0 Å². The number of hydrogen-bond acceptors (Lipinski definition) is 6. The number of nitrogens with zero attached hydrogens (tertiary/aromatic N) is 4. The molecule has 0 fully saturated rings. The van der Waals surface area contributed by atoms with E-state index >= 15 is 0 Å². The van der Waals surface area contributed by atoms with Crippen molar-refractivity contribution in [2.24, 2.45) is 0 Å². The first-order valence-electron chi connectivity index (χ1n) is 10.7. The molecule has 170 valence electrons. The molecule has 2 aromatic heterocycles. The minimum Gasteiger partial charge on any atom is -0.497 e. The van der Waals surface area contributed by atoms with Crippen molar-refractivity contribution >= 4 is 34.7 Å². The van der Waals surface area contributed by atoms with Crippen LogP contribution in [0, 0.1) is 6.92 Å². The summed E-state index contributed by atoms with van der Waals surface area (Å²) in [7, 11) is 1.63. The molecule has 0 bridgehead atoms. The Morgan fingerprint density at radius 1 is 1.09 bits per heavy atom. The number of benzene rings is 2. The molecule has 0 atom stereocenters. The zero-order valence-electron chi connectivity index (χ0n) is 18.9. The number of anilines is 1. The molecule has 0 spiro atoms. The highest BCUT2D eigenvalue weighted by Crippen LogP contribution is 2.28. The molecule has 0 aliphatic rings. The van der Waals surface area contributed by atoms with Crippen LogP contribution >= 0.6 is 23.1 Å². The largest absolute Gasteiger partial charge is 0.497 e. The molecular weight excluding hydrogens is 452 g/mol. The molecule has 2 aromatic carbocycles. The lowest BCUT2D eigenvalue weighted by Crippen LogP contribution is -2.31. The lowest BCUT2D eigenvalue weighted by molar-refractivity contribution is -0.116. The van der Waals surface area contributed by atoms with E-state index in [2.05, 4.69) is 40.7 Å². The van der Waals surface area contributed by atoms with E-state index in [-0.39, 0.29) is 11.7 Å². The van der Waals surface area contributed by atoms with Gasteiger partial charge < -0.3 is 14.2 Å². The predicted molar refractivity (Wildman–Crippen MR) is 135 cm³/mol. The molecule has 6 nitrogen and oxygen atoms in total. The van der Waals surface area contributed by atoms with E-state index in [9.17, 15) is 4.79 Å². The number of carbonyl (C=O) groups excluding carboxylic acids is 1. The summed E-state index contributed by atoms with van der Waals surface area (Å²) >= 11 is 3.06. The van der Waals surface area contributed by atoms with E-state index in [0.29, 0.717) is 6.54 Å². The van der Waals surface area contributed by atoms with Gasteiger partial charge in [0, 0.05) is 22.7 Å². The number of hydrogen-bond donors (Lipinski definition) is 0. The smallest absolute Gasteiger partial charge is 0.237 e. The summed E-state index contributed by atoms with van der Waals surface area (Å²) in [6.45, 7) is 5.39. The minimum absolute atomic E-state index is 0.0154. The number of aromatic nitrogens is 3. The fourth-order valence-electron chi connectivity index (χ4n) is 3.55. The summed E-state index contributed by atoms with van der Waals surface area (Å²) in [4.78, 5) is 16.3. The Morgan fingerprint density at radius 2 is 1.88 bits per heavy atom. The molecule has 33 heavy (non-hydrogen) atoms. The normalized spacial score (nSPS) is 10.9. The van der Waals surface area contributed by atoms with Crippen molar-refractivity contribution < 1.29 is 9.53 Å². The zero-order valence-corrected chi connectivity index (χ0v) is 20.5. The third-order valence-electron chi connectivity index (χ3n) is 5.32. The monoisotopic (exact) mass is 478 g/mol. The van der Waals surface area contributed by atoms with Crippen LogP contribution in [0.3, 0.4) is 0 Å². The average Bonchev–Trinajstić information content (AvgIpc) is 3.51. The number of thiophene rings is 1. The molecule has 0 radical (unpaired) electrons. The first-order chi connectivity index (χ1) is 16.1. The van der Waals surface area contributed by atoms with Crippen molar-refractivity contribution in [3.05, 3.63) is 76.5 Å². The standard InChI is InChI=1S/C25H26N4O2S2/c1-4-28-24(22-10-6-5-8-18(22)2)26-27-25(28)33-17-23(30)29(16-21-9-7-15-32-21)19-11-13-20(31-3)14-12-19/h5-15H,4,16-17H2,1-3H3. The van der Waals surface area contributed by atoms with Gasteiger partial charge in [0.25, 0.3) is 0 Å². The van der Waals surface area contributed by atoms with Gasteiger partial charge in [0.2, 0.25) is 5.91 Å². The second-order valence-corrected chi connectivity index (χ2v) is 9.39. The molecule has 8 heteroatoms. The van der Waals surface area contributed by atoms with E-state index in [4.69, 9.17) is 4.74 Å². The Hall–Kier alpha value is -3.10. The number of amides is 1. The molecule has 4 aromatic rings. The van der Waals surface area contributed by atoms with Gasteiger partial charge in [-0.15, -0.1) is 21.5 Å². The Morgan fingerprint density at radius 3 is 2.55 bits per heavy atom. The summed E-state index contributed by atoms with van der Waals surface area (Å²) < 4.78 is 7.34. The number of rotatable bonds is 9. The molecule has 4 rings (SSSR count). The van der Waals surface area contributed by atoms with Gasteiger partial charge in [-0.05, 0) is 55.1 Å². The summed E-state index contributed by atoms with van der Waals surface area (Å²) in [5, 5.41) is 11.6. The Labute approximate surface area is 202 Å². The summed E-state index contributed by atoms with van der Waals surface area (Å²) in [5.41, 5.74) is 3.05. The van der Waals surface area contributed by atoms with Crippen molar-refractivity contribution in [3.63, 3.8) is 0 Å². The second-order valence-electron chi connectivity index (χ2n) is 7.41. The summed E-state index contributed by atoms with van der Waals surface area (Å²) in [5.74, 6) is 1.87. The second kappa shape index (κ2) is 10.7. The van der Waals surface area contributed by atoms with Gasteiger partial charge in [0.1, 0.15) is 5.75 Å². The minimum atomic E-state index is 0.0154. The van der Waals surface area contributed by atoms with E-state index in [1.165, 1.54) is 11.8 Å². The van der Waals surface area contributed by atoms with E-state index in [1.54, 1.807) is 18.4 Å². The molecule has 0 saturated heterocycles. The fourth-order valence-corrected chi connectivity index (χ4v) is 5.12. The first kappa shape index (κ1) is 23.1. The third-order valence-corrected chi connectivity index (χ3v) is 7.14. The van der Waals surface area contributed by atoms with Crippen LogP contribution in [0.1, 0.15) is 17.4 Å². The van der Waals surface area contributed by atoms with E-state index in [1.807, 2.05) is 58.8 Å². The first-order valence-corrected chi connectivity index (χ1v) is 12.6. The highest BCUT2D eigenvalue weighted by Gasteiger charge is 2.20. The maximum atomic E-state index is 13.3. The SMILES string of the molecule is CCn1c(SCC(=O)N(Cc2cccs2)c2ccc(OC)cc2)nnc1-c1ccccc1C.